The van der Waals surface area contributed by atoms with Gasteiger partial charge in [0.05, 0.1) is 5.70 Å². The van der Waals surface area contributed by atoms with E-state index in [9.17, 15) is 13.6 Å². The molecular formula is C6H8F2N2OS. The van der Waals surface area contributed by atoms with Crippen molar-refractivity contribution in [2.75, 3.05) is 0 Å². The predicted octanol–water partition coefficient (Wildman–Crippen LogP) is 0.631. The zero-order chi connectivity index (χ0) is 9.35. The molecule has 0 saturated carbocycles. The van der Waals surface area contributed by atoms with Gasteiger partial charge in [0.25, 0.3) is 12.3 Å². The topological polar surface area (TPSA) is 55.1 Å². The molecule has 1 aliphatic heterocycles. The number of carbonyl (C=O) groups is 1. The SMILES string of the molecule is CC1(C(N)=O)NC(C(F)F)=CS1. The van der Waals surface area contributed by atoms with Crippen LogP contribution in [0, 0.1) is 0 Å². The van der Waals surface area contributed by atoms with Crippen molar-refractivity contribution in [2.24, 2.45) is 5.73 Å². The van der Waals surface area contributed by atoms with Crippen molar-refractivity contribution in [2.45, 2.75) is 18.2 Å². The average molecular weight is 194 g/mol. The Bertz CT molecular complexity index is 244. The van der Waals surface area contributed by atoms with Crippen LogP contribution in [0.1, 0.15) is 6.92 Å². The first-order valence-corrected chi connectivity index (χ1v) is 4.08. The summed E-state index contributed by atoms with van der Waals surface area (Å²) in [5.41, 5.74) is 4.75. The molecule has 0 fully saturated rings. The Morgan fingerprint density at radius 2 is 2.42 bits per heavy atom. The summed E-state index contributed by atoms with van der Waals surface area (Å²) < 4.78 is 24.1. The van der Waals surface area contributed by atoms with Crippen molar-refractivity contribution in [1.82, 2.24) is 5.32 Å². The molecule has 68 valence electrons. The van der Waals surface area contributed by atoms with E-state index in [1.54, 1.807) is 0 Å². The van der Waals surface area contributed by atoms with E-state index in [1.807, 2.05) is 0 Å². The summed E-state index contributed by atoms with van der Waals surface area (Å²) in [6.07, 6.45) is -2.58. The van der Waals surface area contributed by atoms with Crippen LogP contribution >= 0.6 is 11.8 Å². The monoisotopic (exact) mass is 194 g/mol. The Kier molecular flexibility index (Phi) is 2.27. The fraction of sp³-hybridized carbons (Fsp3) is 0.500. The van der Waals surface area contributed by atoms with E-state index in [2.05, 4.69) is 5.32 Å². The molecular weight excluding hydrogens is 186 g/mol. The van der Waals surface area contributed by atoms with Crippen LogP contribution in [-0.4, -0.2) is 17.2 Å². The van der Waals surface area contributed by atoms with Crippen molar-refractivity contribution in [1.29, 1.82) is 0 Å². The molecule has 3 N–H and O–H groups in total. The molecule has 6 heteroatoms. The zero-order valence-electron chi connectivity index (χ0n) is 6.30. The van der Waals surface area contributed by atoms with Crippen molar-refractivity contribution >= 4 is 17.7 Å². The highest BCUT2D eigenvalue weighted by Crippen LogP contribution is 2.33. The summed E-state index contributed by atoms with van der Waals surface area (Å²) in [5, 5.41) is 3.58. The van der Waals surface area contributed by atoms with Gasteiger partial charge in [0.1, 0.15) is 0 Å². The molecule has 0 radical (unpaired) electrons. The summed E-state index contributed by atoms with van der Waals surface area (Å²) in [7, 11) is 0. The van der Waals surface area contributed by atoms with Gasteiger partial charge in [0.2, 0.25) is 0 Å². The normalized spacial score (nSPS) is 28.5. The molecule has 0 bridgehead atoms. The second-order valence-corrected chi connectivity index (χ2v) is 3.80. The number of alkyl halides is 2. The predicted molar refractivity (Wildman–Crippen MR) is 42.4 cm³/mol. The fourth-order valence-electron chi connectivity index (χ4n) is 0.741. The van der Waals surface area contributed by atoms with Gasteiger partial charge in [-0.2, -0.15) is 0 Å². The minimum absolute atomic E-state index is 0.249. The van der Waals surface area contributed by atoms with Crippen LogP contribution in [0.5, 0.6) is 0 Å². The van der Waals surface area contributed by atoms with E-state index in [4.69, 9.17) is 5.73 Å². The van der Waals surface area contributed by atoms with Gasteiger partial charge in [-0.1, -0.05) is 11.8 Å². The Morgan fingerprint density at radius 1 is 1.83 bits per heavy atom. The first kappa shape index (κ1) is 9.31. The smallest absolute Gasteiger partial charge is 0.278 e. The number of allylic oxidation sites excluding steroid dienone is 1. The van der Waals surface area contributed by atoms with Gasteiger partial charge in [-0.3, -0.25) is 4.79 Å². The van der Waals surface area contributed by atoms with E-state index in [0.717, 1.165) is 11.8 Å². The maximum atomic E-state index is 12.1. The number of rotatable bonds is 2. The third kappa shape index (κ3) is 1.52. The van der Waals surface area contributed by atoms with Crippen LogP contribution in [-0.2, 0) is 4.79 Å². The van der Waals surface area contributed by atoms with Crippen molar-refractivity contribution in [3.63, 3.8) is 0 Å². The maximum Gasteiger partial charge on any atom is 0.278 e. The van der Waals surface area contributed by atoms with Crippen LogP contribution in [0.4, 0.5) is 8.78 Å². The molecule has 1 amide bonds. The number of hydrogen-bond acceptors (Lipinski definition) is 3. The van der Waals surface area contributed by atoms with Gasteiger partial charge < -0.3 is 11.1 Å². The van der Waals surface area contributed by atoms with Crippen LogP contribution < -0.4 is 11.1 Å². The molecule has 1 atom stereocenters. The number of carbonyl (C=O) groups excluding carboxylic acids is 1. The highest BCUT2D eigenvalue weighted by atomic mass is 32.2. The molecule has 12 heavy (non-hydrogen) atoms. The average Bonchev–Trinajstić information content (AvgIpc) is 2.33. The molecule has 0 aromatic carbocycles. The van der Waals surface area contributed by atoms with Crippen molar-refractivity contribution < 1.29 is 13.6 Å². The number of thioether (sulfide) groups is 1. The van der Waals surface area contributed by atoms with Crippen LogP contribution in [0.15, 0.2) is 11.1 Å². The number of halogens is 2. The molecule has 1 aliphatic rings. The lowest BCUT2D eigenvalue weighted by atomic mass is 10.3. The first-order valence-electron chi connectivity index (χ1n) is 3.20. The van der Waals surface area contributed by atoms with E-state index in [0.29, 0.717) is 0 Å². The molecule has 0 aromatic heterocycles. The largest absolute Gasteiger partial charge is 0.367 e. The molecule has 0 aliphatic carbocycles. The summed E-state index contributed by atoms with van der Waals surface area (Å²) in [6.45, 7) is 1.46. The van der Waals surface area contributed by atoms with Crippen molar-refractivity contribution in [3.05, 3.63) is 11.1 Å². The van der Waals surface area contributed by atoms with Gasteiger partial charge in [0.15, 0.2) is 4.87 Å². The van der Waals surface area contributed by atoms with E-state index >= 15 is 0 Å². The van der Waals surface area contributed by atoms with E-state index < -0.39 is 17.2 Å². The van der Waals surface area contributed by atoms with Gasteiger partial charge >= 0.3 is 0 Å². The lowest BCUT2D eigenvalue weighted by molar-refractivity contribution is -0.120. The third-order valence-electron chi connectivity index (χ3n) is 1.51. The summed E-state index contributed by atoms with van der Waals surface area (Å²) >= 11 is 0.962. The van der Waals surface area contributed by atoms with Crippen LogP contribution in [0.25, 0.3) is 0 Å². The minimum Gasteiger partial charge on any atom is -0.367 e. The summed E-state index contributed by atoms with van der Waals surface area (Å²) in [5.74, 6) is -0.653. The number of amides is 1. The standard InChI is InChI=1S/C6H8F2N2OS/c1-6(5(9)11)10-3(2-12-6)4(7)8/h2,4,10H,1H3,(H2,9,11). The second-order valence-electron chi connectivity index (χ2n) is 2.51. The number of nitrogens with one attached hydrogen (secondary N) is 1. The third-order valence-corrected chi connectivity index (χ3v) is 2.66. The van der Waals surface area contributed by atoms with E-state index in [1.165, 1.54) is 12.3 Å². The molecule has 0 aromatic rings. The van der Waals surface area contributed by atoms with Crippen LogP contribution in [0.2, 0.25) is 0 Å². The Morgan fingerprint density at radius 3 is 2.67 bits per heavy atom. The molecule has 0 spiro atoms. The van der Waals surface area contributed by atoms with Crippen molar-refractivity contribution in [3.8, 4) is 0 Å². The highest BCUT2D eigenvalue weighted by Gasteiger charge is 2.38. The molecule has 1 rings (SSSR count). The number of primary amides is 1. The lowest BCUT2D eigenvalue weighted by Gasteiger charge is -2.20. The number of hydrogen-bond donors (Lipinski definition) is 2. The van der Waals surface area contributed by atoms with Gasteiger partial charge in [-0.05, 0) is 12.3 Å². The van der Waals surface area contributed by atoms with E-state index in [-0.39, 0.29) is 5.70 Å². The molecule has 1 heterocycles. The van der Waals surface area contributed by atoms with Crippen LogP contribution in [0.3, 0.4) is 0 Å². The quantitative estimate of drug-likeness (QED) is 0.678. The minimum atomic E-state index is -2.58. The first-order chi connectivity index (χ1) is 5.46. The zero-order valence-corrected chi connectivity index (χ0v) is 7.12. The highest BCUT2D eigenvalue weighted by molar-refractivity contribution is 8.04. The second kappa shape index (κ2) is 2.93. The molecule has 3 nitrogen and oxygen atoms in total. The lowest BCUT2D eigenvalue weighted by Crippen LogP contribution is -2.47. The summed E-state index contributed by atoms with van der Waals surface area (Å²) in [4.78, 5) is 9.63. The Labute approximate surface area is 72.4 Å². The Balaban J connectivity index is 2.68. The Hall–Kier alpha value is -0.780. The fourth-order valence-corrected chi connectivity index (χ4v) is 1.56. The van der Waals surface area contributed by atoms with Gasteiger partial charge in [-0.25, -0.2) is 8.78 Å². The number of nitrogens with two attached hydrogens (primary N) is 1. The van der Waals surface area contributed by atoms with Gasteiger partial charge in [-0.15, -0.1) is 0 Å². The maximum absolute atomic E-state index is 12.1. The summed E-state index contributed by atoms with van der Waals surface area (Å²) in [6, 6.07) is 0. The van der Waals surface area contributed by atoms with Gasteiger partial charge in [0, 0.05) is 0 Å². The molecule has 0 saturated heterocycles. The molecule has 1 unspecified atom stereocenters.